The molecule has 0 aromatic heterocycles. The van der Waals surface area contributed by atoms with Crippen molar-refractivity contribution < 1.29 is 19.5 Å². The Morgan fingerprint density at radius 3 is 2.27 bits per heavy atom. The van der Waals surface area contributed by atoms with Gasteiger partial charge in [-0.2, -0.15) is 25.3 Å². The Kier molecular flexibility index (Phi) is 9.69. The Morgan fingerprint density at radius 1 is 1.23 bits per heavy atom. The Labute approximate surface area is 141 Å². The average molecular weight is 352 g/mol. The normalized spacial score (nSPS) is 16.2. The second kappa shape index (κ2) is 10.1. The lowest BCUT2D eigenvalue weighted by Crippen LogP contribution is -2.64. The average Bonchev–Trinajstić information content (AvgIpc) is 2.54. The van der Waals surface area contributed by atoms with Gasteiger partial charge in [-0.3, -0.25) is 25.0 Å². The Morgan fingerprint density at radius 2 is 1.86 bits per heavy atom. The van der Waals surface area contributed by atoms with Crippen molar-refractivity contribution in [3.8, 4) is 0 Å². The quantitative estimate of drug-likeness (QED) is 0.126. The highest BCUT2D eigenvalue weighted by Gasteiger charge is 2.34. The van der Waals surface area contributed by atoms with E-state index in [2.05, 4.69) is 46.5 Å². The minimum atomic E-state index is -1.23. The second-order valence-electron chi connectivity index (χ2n) is 4.87. The Bertz CT molecular complexity index is 399. The van der Waals surface area contributed by atoms with Crippen LogP contribution in [0.1, 0.15) is 6.92 Å². The maximum absolute atomic E-state index is 12.0. The molecule has 0 aromatic rings. The molecule has 22 heavy (non-hydrogen) atoms. The van der Waals surface area contributed by atoms with Gasteiger partial charge in [-0.05, 0) is 6.92 Å². The number of aliphatic hydroxyl groups excluding tert-OH is 1. The maximum Gasteiger partial charge on any atom is 0.246 e. The first-order valence-electron chi connectivity index (χ1n) is 6.65. The number of aliphatic hydroxyl groups is 1. The molecular weight excluding hydrogens is 328 g/mol. The smallest absolute Gasteiger partial charge is 0.246 e. The van der Waals surface area contributed by atoms with Crippen LogP contribution in [0.5, 0.6) is 0 Å². The van der Waals surface area contributed by atoms with E-state index in [0.29, 0.717) is 6.29 Å². The van der Waals surface area contributed by atoms with Crippen LogP contribution in [0.15, 0.2) is 0 Å². The molecule has 0 saturated heterocycles. The lowest BCUT2D eigenvalue weighted by atomic mass is 10.0. The van der Waals surface area contributed by atoms with Crippen LogP contribution in [0.4, 0.5) is 0 Å². The van der Waals surface area contributed by atoms with Crippen molar-refractivity contribution in [2.75, 3.05) is 38.2 Å². The number of hydrogen-bond donors (Lipinski definition) is 7. The summed E-state index contributed by atoms with van der Waals surface area (Å²) in [7, 11) is 1.46. The van der Waals surface area contributed by atoms with Crippen LogP contribution in [0.3, 0.4) is 0 Å². The van der Waals surface area contributed by atoms with Crippen molar-refractivity contribution in [1.82, 2.24) is 21.3 Å². The van der Waals surface area contributed by atoms with Crippen LogP contribution in [0, 0.1) is 0 Å². The molecule has 0 saturated carbocycles. The highest BCUT2D eigenvalue weighted by Crippen LogP contribution is 2.06. The van der Waals surface area contributed by atoms with Crippen molar-refractivity contribution in [3.63, 3.8) is 0 Å². The van der Waals surface area contributed by atoms with Crippen molar-refractivity contribution in [2.45, 2.75) is 18.1 Å². The van der Waals surface area contributed by atoms with Gasteiger partial charge in [0.15, 0.2) is 6.29 Å². The van der Waals surface area contributed by atoms with Crippen molar-refractivity contribution in [1.29, 1.82) is 0 Å². The van der Waals surface area contributed by atoms with Crippen molar-refractivity contribution in [2.24, 2.45) is 0 Å². The molecule has 0 heterocycles. The van der Waals surface area contributed by atoms with Gasteiger partial charge >= 0.3 is 0 Å². The van der Waals surface area contributed by atoms with Crippen LogP contribution in [0.2, 0.25) is 0 Å². The summed E-state index contributed by atoms with van der Waals surface area (Å²) in [6, 6.07) is 0. The third-order valence-corrected chi connectivity index (χ3v) is 4.16. The van der Waals surface area contributed by atoms with Crippen molar-refractivity contribution >= 4 is 43.4 Å². The van der Waals surface area contributed by atoms with Gasteiger partial charge in [-0.25, -0.2) is 0 Å². The third-order valence-electron chi connectivity index (χ3n) is 3.03. The summed E-state index contributed by atoms with van der Waals surface area (Å²) in [5.74, 6) is -0.639. The molecule has 10 heteroatoms. The summed E-state index contributed by atoms with van der Waals surface area (Å²) in [6.07, 6.45) is 0.583. The molecular formula is C12H24N4O4S2. The van der Waals surface area contributed by atoms with E-state index < -0.39 is 17.1 Å². The Balaban J connectivity index is 4.70. The molecule has 0 aliphatic heterocycles. The number of carbonyl (C=O) groups excluding carboxylic acids is 3. The minimum absolute atomic E-state index is 0.0864. The zero-order valence-electron chi connectivity index (χ0n) is 12.7. The zero-order valence-corrected chi connectivity index (χ0v) is 14.5. The minimum Gasteiger partial charge on any atom is -0.395 e. The number of aldehydes is 1. The largest absolute Gasteiger partial charge is 0.395 e. The SMILES string of the molecule is CNC(=O)C(C)(CS)NC(=O)CNC(C=O)(CS)NCCO. The zero-order chi connectivity index (χ0) is 17.2. The number of carbonyl (C=O) groups is 3. The summed E-state index contributed by atoms with van der Waals surface area (Å²) in [4.78, 5) is 34.9. The van der Waals surface area contributed by atoms with E-state index in [1.54, 1.807) is 6.92 Å². The first-order valence-corrected chi connectivity index (χ1v) is 7.91. The summed E-state index contributed by atoms with van der Waals surface area (Å²) in [6.45, 7) is 1.34. The van der Waals surface area contributed by atoms with E-state index in [-0.39, 0.29) is 37.1 Å². The number of nitrogens with one attached hydrogen (secondary N) is 4. The van der Waals surface area contributed by atoms with Crippen LogP contribution in [0.25, 0.3) is 0 Å². The topological polar surface area (TPSA) is 120 Å². The Hall–Kier alpha value is -0.810. The molecule has 2 amide bonds. The first kappa shape index (κ1) is 21.2. The molecule has 0 fully saturated rings. The molecule has 0 spiro atoms. The van der Waals surface area contributed by atoms with E-state index in [9.17, 15) is 14.4 Å². The van der Waals surface area contributed by atoms with Gasteiger partial charge in [0.2, 0.25) is 11.8 Å². The standard InChI is InChI=1S/C12H24N4O4S2/c1-11(7-21,10(20)13-2)16-9(19)5-15-12(6-18,8-22)14-3-4-17/h6,14-15,17,21-22H,3-5,7-8H2,1-2H3,(H,13,20)(H,16,19). The number of rotatable bonds is 11. The number of likely N-dealkylation sites (N-methyl/N-ethyl adjacent to an activating group) is 1. The number of amides is 2. The van der Waals surface area contributed by atoms with Crippen LogP contribution in [-0.2, 0) is 14.4 Å². The molecule has 0 aromatic carbocycles. The lowest BCUT2D eigenvalue weighted by molar-refractivity contribution is -0.131. The molecule has 0 rings (SSSR count). The fraction of sp³-hybridized carbons (Fsp3) is 0.750. The highest BCUT2D eigenvalue weighted by atomic mass is 32.1. The molecule has 5 N–H and O–H groups in total. The van der Waals surface area contributed by atoms with Gasteiger partial charge in [-0.15, -0.1) is 0 Å². The van der Waals surface area contributed by atoms with Gasteiger partial charge in [0.25, 0.3) is 0 Å². The fourth-order valence-electron chi connectivity index (χ4n) is 1.61. The monoisotopic (exact) mass is 352 g/mol. The van der Waals surface area contributed by atoms with E-state index >= 15 is 0 Å². The van der Waals surface area contributed by atoms with E-state index in [1.165, 1.54) is 7.05 Å². The lowest BCUT2D eigenvalue weighted by Gasteiger charge is -2.30. The third kappa shape index (κ3) is 6.13. The van der Waals surface area contributed by atoms with E-state index in [4.69, 9.17) is 5.11 Å². The molecule has 0 bridgehead atoms. The summed E-state index contributed by atoms with van der Waals surface area (Å²) < 4.78 is 0. The van der Waals surface area contributed by atoms with Gasteiger partial charge in [0.05, 0.1) is 13.2 Å². The van der Waals surface area contributed by atoms with E-state index in [1.807, 2.05) is 0 Å². The second-order valence-corrected chi connectivity index (χ2v) is 5.50. The molecule has 0 aliphatic carbocycles. The molecule has 128 valence electrons. The predicted octanol–water partition coefficient (Wildman–Crippen LogP) is -2.47. The molecule has 0 radical (unpaired) electrons. The molecule has 0 aliphatic rings. The van der Waals surface area contributed by atoms with Crippen LogP contribution >= 0.6 is 25.3 Å². The van der Waals surface area contributed by atoms with Gasteiger partial charge in [-0.1, -0.05) is 0 Å². The number of thiol groups is 2. The first-order chi connectivity index (χ1) is 10.3. The van der Waals surface area contributed by atoms with E-state index in [0.717, 1.165) is 0 Å². The number of hydrogen-bond acceptors (Lipinski definition) is 8. The summed E-state index contributed by atoms with van der Waals surface area (Å²) in [5.41, 5.74) is -2.38. The van der Waals surface area contributed by atoms with Crippen LogP contribution < -0.4 is 21.3 Å². The van der Waals surface area contributed by atoms with Gasteiger partial charge in [0, 0.05) is 25.1 Å². The fourth-order valence-corrected chi connectivity index (χ4v) is 2.13. The maximum atomic E-state index is 12.0. The predicted molar refractivity (Wildman–Crippen MR) is 90.2 cm³/mol. The molecule has 2 atom stereocenters. The molecule has 2 unspecified atom stereocenters. The highest BCUT2D eigenvalue weighted by molar-refractivity contribution is 7.80. The van der Waals surface area contributed by atoms with Crippen molar-refractivity contribution in [3.05, 3.63) is 0 Å². The molecule has 8 nitrogen and oxygen atoms in total. The van der Waals surface area contributed by atoms with Gasteiger partial charge in [0.1, 0.15) is 11.2 Å². The summed E-state index contributed by atoms with van der Waals surface area (Å²) >= 11 is 8.14. The van der Waals surface area contributed by atoms with Crippen LogP contribution in [-0.4, -0.2) is 72.7 Å². The van der Waals surface area contributed by atoms with Gasteiger partial charge < -0.3 is 15.7 Å². The summed E-state index contributed by atoms with van der Waals surface area (Å²) in [5, 5.41) is 19.3.